The molecule has 2 aromatic carbocycles. The van der Waals surface area contributed by atoms with Crippen molar-refractivity contribution in [2.24, 2.45) is 0 Å². The first-order valence-corrected chi connectivity index (χ1v) is 5.32. The molecule has 0 atom stereocenters. The predicted octanol–water partition coefficient (Wildman–Crippen LogP) is 2.56. The second-order valence-electron chi connectivity index (χ2n) is 3.90. The lowest BCUT2D eigenvalue weighted by molar-refractivity contribution is -0.136. The van der Waals surface area contributed by atoms with Crippen LogP contribution in [-0.4, -0.2) is 11.1 Å². The van der Waals surface area contributed by atoms with E-state index in [1.165, 1.54) is 0 Å². The molecule has 3 N–H and O–H groups in total. The monoisotopic (exact) mass is 227 g/mol. The van der Waals surface area contributed by atoms with E-state index in [-0.39, 0.29) is 6.42 Å². The second-order valence-corrected chi connectivity index (χ2v) is 3.90. The molecule has 0 radical (unpaired) electrons. The fourth-order valence-electron chi connectivity index (χ4n) is 1.75. The SMILES string of the molecule is Nc1cccc(-c2cccc(CC(=O)O)c2)c1. The highest BCUT2D eigenvalue weighted by molar-refractivity contribution is 5.73. The van der Waals surface area contributed by atoms with Crippen LogP contribution in [-0.2, 0) is 11.2 Å². The van der Waals surface area contributed by atoms with Crippen LogP contribution in [0.3, 0.4) is 0 Å². The lowest BCUT2D eigenvalue weighted by Crippen LogP contribution is -1.99. The van der Waals surface area contributed by atoms with Gasteiger partial charge in [-0.1, -0.05) is 36.4 Å². The van der Waals surface area contributed by atoms with E-state index in [2.05, 4.69) is 0 Å². The minimum absolute atomic E-state index is 0.0379. The van der Waals surface area contributed by atoms with Crippen LogP contribution in [0.4, 0.5) is 5.69 Å². The summed E-state index contributed by atoms with van der Waals surface area (Å²) in [5.41, 5.74) is 9.19. The van der Waals surface area contributed by atoms with Crippen LogP contribution in [0.2, 0.25) is 0 Å². The van der Waals surface area contributed by atoms with Gasteiger partial charge in [-0.2, -0.15) is 0 Å². The number of nitrogens with two attached hydrogens (primary N) is 1. The molecule has 0 spiro atoms. The van der Waals surface area contributed by atoms with E-state index in [1.54, 1.807) is 0 Å². The van der Waals surface area contributed by atoms with Gasteiger partial charge in [-0.15, -0.1) is 0 Å². The van der Waals surface area contributed by atoms with Crippen molar-refractivity contribution in [1.82, 2.24) is 0 Å². The molecular formula is C14H13NO2. The third-order valence-electron chi connectivity index (χ3n) is 2.50. The molecule has 0 fully saturated rings. The van der Waals surface area contributed by atoms with Crippen molar-refractivity contribution in [2.45, 2.75) is 6.42 Å². The Hall–Kier alpha value is -2.29. The van der Waals surface area contributed by atoms with Gasteiger partial charge in [-0.3, -0.25) is 4.79 Å². The van der Waals surface area contributed by atoms with Gasteiger partial charge in [0.05, 0.1) is 6.42 Å². The number of carboxylic acid groups (broad SMARTS) is 1. The average Bonchev–Trinajstić information content (AvgIpc) is 2.28. The second kappa shape index (κ2) is 4.70. The van der Waals surface area contributed by atoms with Crippen LogP contribution in [0.15, 0.2) is 48.5 Å². The number of rotatable bonds is 3. The number of hydrogen-bond donors (Lipinski definition) is 2. The molecule has 0 aliphatic carbocycles. The lowest BCUT2D eigenvalue weighted by atomic mass is 10.0. The number of carboxylic acids is 1. The summed E-state index contributed by atoms with van der Waals surface area (Å²) in [6.45, 7) is 0. The zero-order valence-electron chi connectivity index (χ0n) is 9.26. The molecule has 0 heterocycles. The number of benzene rings is 2. The first-order valence-electron chi connectivity index (χ1n) is 5.32. The van der Waals surface area contributed by atoms with Crippen molar-refractivity contribution >= 4 is 11.7 Å². The Morgan fingerprint density at radius 3 is 2.35 bits per heavy atom. The van der Waals surface area contributed by atoms with Crippen LogP contribution in [0.5, 0.6) is 0 Å². The van der Waals surface area contributed by atoms with Gasteiger partial charge in [0.25, 0.3) is 0 Å². The molecule has 3 nitrogen and oxygen atoms in total. The van der Waals surface area contributed by atoms with Crippen molar-refractivity contribution < 1.29 is 9.90 Å². The highest BCUT2D eigenvalue weighted by Gasteiger charge is 2.03. The van der Waals surface area contributed by atoms with E-state index in [4.69, 9.17) is 10.8 Å². The summed E-state index contributed by atoms with van der Waals surface area (Å²) in [4.78, 5) is 10.7. The molecule has 2 rings (SSSR count). The third kappa shape index (κ3) is 2.84. The molecular weight excluding hydrogens is 214 g/mol. The molecule has 2 aromatic rings. The maximum Gasteiger partial charge on any atom is 0.307 e. The van der Waals surface area contributed by atoms with Gasteiger partial charge in [-0.05, 0) is 28.8 Å². The van der Waals surface area contributed by atoms with Gasteiger partial charge in [0.1, 0.15) is 0 Å². The zero-order chi connectivity index (χ0) is 12.3. The summed E-state index contributed by atoms with van der Waals surface area (Å²) in [6.07, 6.45) is 0.0379. The Morgan fingerprint density at radius 2 is 1.71 bits per heavy atom. The molecule has 0 saturated heterocycles. The van der Waals surface area contributed by atoms with Crippen LogP contribution < -0.4 is 5.73 Å². The summed E-state index contributed by atoms with van der Waals surface area (Å²) in [5, 5.41) is 8.75. The molecule has 0 saturated carbocycles. The normalized spacial score (nSPS) is 10.1. The van der Waals surface area contributed by atoms with Gasteiger partial charge in [0, 0.05) is 5.69 Å². The van der Waals surface area contributed by atoms with E-state index in [0.717, 1.165) is 16.7 Å². The molecule has 0 aliphatic heterocycles. The Morgan fingerprint density at radius 1 is 1.06 bits per heavy atom. The van der Waals surface area contributed by atoms with Crippen LogP contribution in [0.1, 0.15) is 5.56 Å². The third-order valence-corrected chi connectivity index (χ3v) is 2.50. The highest BCUT2D eigenvalue weighted by Crippen LogP contribution is 2.22. The Bertz CT molecular complexity index is 549. The molecule has 0 amide bonds. The van der Waals surface area contributed by atoms with E-state index >= 15 is 0 Å². The van der Waals surface area contributed by atoms with Gasteiger partial charge in [-0.25, -0.2) is 0 Å². The van der Waals surface area contributed by atoms with Crippen LogP contribution >= 0.6 is 0 Å². The highest BCUT2D eigenvalue weighted by atomic mass is 16.4. The largest absolute Gasteiger partial charge is 0.481 e. The fourth-order valence-corrected chi connectivity index (χ4v) is 1.75. The van der Waals surface area contributed by atoms with E-state index < -0.39 is 5.97 Å². The number of aliphatic carboxylic acids is 1. The summed E-state index contributed by atoms with van der Waals surface area (Å²) in [7, 11) is 0. The van der Waals surface area contributed by atoms with Gasteiger partial charge in [0.15, 0.2) is 0 Å². The molecule has 3 heteroatoms. The molecule has 86 valence electrons. The average molecular weight is 227 g/mol. The standard InChI is InChI=1S/C14H13NO2/c15-13-6-2-5-12(9-13)11-4-1-3-10(7-11)8-14(16)17/h1-7,9H,8,15H2,(H,16,17). The minimum Gasteiger partial charge on any atom is -0.481 e. The minimum atomic E-state index is -0.824. The Kier molecular flexibility index (Phi) is 3.10. The Balaban J connectivity index is 2.36. The zero-order valence-corrected chi connectivity index (χ0v) is 9.26. The summed E-state index contributed by atoms with van der Waals surface area (Å²) >= 11 is 0. The van der Waals surface area contributed by atoms with Crippen LogP contribution in [0.25, 0.3) is 11.1 Å². The molecule has 0 unspecified atom stereocenters. The summed E-state index contributed by atoms with van der Waals surface area (Å²) in [6, 6.07) is 15.0. The van der Waals surface area contributed by atoms with E-state index in [1.807, 2.05) is 48.5 Å². The summed E-state index contributed by atoms with van der Waals surface area (Å²) < 4.78 is 0. The number of anilines is 1. The first-order chi connectivity index (χ1) is 8.15. The van der Waals surface area contributed by atoms with Crippen LogP contribution in [0, 0.1) is 0 Å². The quantitative estimate of drug-likeness (QED) is 0.792. The van der Waals surface area contributed by atoms with Crippen molar-refractivity contribution in [2.75, 3.05) is 5.73 Å². The first kappa shape index (κ1) is 11.2. The van der Waals surface area contributed by atoms with Crippen molar-refractivity contribution in [3.05, 3.63) is 54.1 Å². The van der Waals surface area contributed by atoms with Gasteiger partial charge in [0.2, 0.25) is 0 Å². The molecule has 17 heavy (non-hydrogen) atoms. The van der Waals surface area contributed by atoms with Crippen molar-refractivity contribution in [3.63, 3.8) is 0 Å². The maximum atomic E-state index is 10.7. The van der Waals surface area contributed by atoms with Crippen molar-refractivity contribution in [1.29, 1.82) is 0 Å². The molecule has 0 bridgehead atoms. The van der Waals surface area contributed by atoms with E-state index in [9.17, 15) is 4.79 Å². The van der Waals surface area contributed by atoms with E-state index in [0.29, 0.717) is 5.69 Å². The number of carbonyl (C=O) groups is 1. The van der Waals surface area contributed by atoms with Crippen molar-refractivity contribution in [3.8, 4) is 11.1 Å². The maximum absolute atomic E-state index is 10.7. The smallest absolute Gasteiger partial charge is 0.307 e. The van der Waals surface area contributed by atoms with Gasteiger partial charge >= 0.3 is 5.97 Å². The molecule has 0 aliphatic rings. The number of hydrogen-bond acceptors (Lipinski definition) is 2. The lowest BCUT2D eigenvalue weighted by Gasteiger charge is -2.05. The topological polar surface area (TPSA) is 63.3 Å². The fraction of sp³-hybridized carbons (Fsp3) is 0.0714. The summed E-state index contributed by atoms with van der Waals surface area (Å²) in [5.74, 6) is -0.824. The number of nitrogen functional groups attached to an aromatic ring is 1. The van der Waals surface area contributed by atoms with Gasteiger partial charge < -0.3 is 10.8 Å². The predicted molar refractivity (Wildman–Crippen MR) is 67.6 cm³/mol. The Labute approximate surface area is 99.5 Å². The molecule has 0 aromatic heterocycles.